The highest BCUT2D eigenvalue weighted by Gasteiger charge is 2.60. The summed E-state index contributed by atoms with van der Waals surface area (Å²) in [4.78, 5) is 16.6. The molecule has 3 saturated heterocycles. The SMILES string of the molecule is O=C1C[C@H]2N(C/C=C/c3ccc(F)cc3)CC[C@]23OCCCN13. The van der Waals surface area contributed by atoms with Crippen LogP contribution in [0.2, 0.25) is 0 Å². The average molecular weight is 316 g/mol. The van der Waals surface area contributed by atoms with Crippen LogP contribution >= 0.6 is 0 Å². The van der Waals surface area contributed by atoms with Crippen molar-refractivity contribution in [1.29, 1.82) is 0 Å². The average Bonchev–Trinajstić information content (AvgIpc) is 3.03. The van der Waals surface area contributed by atoms with E-state index in [0.29, 0.717) is 6.42 Å². The van der Waals surface area contributed by atoms with Gasteiger partial charge in [-0.2, -0.15) is 0 Å². The summed E-state index contributed by atoms with van der Waals surface area (Å²) >= 11 is 0. The highest BCUT2D eigenvalue weighted by molar-refractivity contribution is 5.81. The number of amides is 1. The number of rotatable bonds is 3. The first kappa shape index (κ1) is 14.8. The number of carbonyl (C=O) groups is 1. The predicted octanol–water partition coefficient (Wildman–Crippen LogP) is 2.26. The minimum Gasteiger partial charge on any atom is -0.354 e. The number of ether oxygens (including phenoxy) is 1. The minimum absolute atomic E-state index is 0.160. The Labute approximate surface area is 135 Å². The lowest BCUT2D eigenvalue weighted by Gasteiger charge is -2.42. The zero-order valence-corrected chi connectivity index (χ0v) is 13.1. The Morgan fingerprint density at radius 3 is 2.96 bits per heavy atom. The van der Waals surface area contributed by atoms with Gasteiger partial charge in [-0.1, -0.05) is 24.3 Å². The Kier molecular flexibility index (Phi) is 3.70. The maximum Gasteiger partial charge on any atom is 0.226 e. The number of hydrogen-bond donors (Lipinski definition) is 0. The Balaban J connectivity index is 1.45. The summed E-state index contributed by atoms with van der Waals surface area (Å²) in [5, 5.41) is 0. The van der Waals surface area contributed by atoms with Crippen molar-refractivity contribution in [1.82, 2.24) is 9.80 Å². The highest BCUT2D eigenvalue weighted by Crippen LogP contribution is 2.44. The van der Waals surface area contributed by atoms with Gasteiger partial charge in [-0.3, -0.25) is 9.69 Å². The molecule has 1 amide bonds. The van der Waals surface area contributed by atoms with Crippen LogP contribution in [0.25, 0.3) is 6.08 Å². The molecular weight excluding hydrogens is 295 g/mol. The lowest BCUT2D eigenvalue weighted by atomic mass is 10.0. The molecule has 23 heavy (non-hydrogen) atoms. The van der Waals surface area contributed by atoms with Crippen molar-refractivity contribution in [3.63, 3.8) is 0 Å². The smallest absolute Gasteiger partial charge is 0.226 e. The van der Waals surface area contributed by atoms with Crippen molar-refractivity contribution in [2.75, 3.05) is 26.2 Å². The van der Waals surface area contributed by atoms with Crippen LogP contribution in [0, 0.1) is 5.82 Å². The van der Waals surface area contributed by atoms with Gasteiger partial charge in [0.05, 0.1) is 12.6 Å². The van der Waals surface area contributed by atoms with Gasteiger partial charge in [-0.25, -0.2) is 4.39 Å². The molecule has 1 aromatic rings. The van der Waals surface area contributed by atoms with Crippen LogP contribution in [-0.4, -0.2) is 53.7 Å². The van der Waals surface area contributed by atoms with Crippen molar-refractivity contribution < 1.29 is 13.9 Å². The molecule has 0 unspecified atom stereocenters. The monoisotopic (exact) mass is 316 g/mol. The standard InChI is InChI=1S/C18H21FN2O2/c19-15-6-4-14(5-7-15)3-1-9-20-11-8-18-16(20)13-17(22)21(18)10-2-12-23-18/h1,3-7,16H,2,8-13H2/b3-1+/t16-,18+/m1/s1. The lowest BCUT2D eigenvalue weighted by Crippen LogP contribution is -2.56. The number of likely N-dealkylation sites (tertiary alicyclic amines) is 1. The van der Waals surface area contributed by atoms with Gasteiger partial charge in [-0.15, -0.1) is 0 Å². The fraction of sp³-hybridized carbons (Fsp3) is 0.500. The van der Waals surface area contributed by atoms with Gasteiger partial charge < -0.3 is 9.64 Å². The molecule has 3 fully saturated rings. The van der Waals surface area contributed by atoms with Gasteiger partial charge in [0.1, 0.15) is 5.82 Å². The van der Waals surface area contributed by atoms with E-state index in [2.05, 4.69) is 11.0 Å². The van der Waals surface area contributed by atoms with Crippen molar-refractivity contribution >= 4 is 12.0 Å². The van der Waals surface area contributed by atoms with Gasteiger partial charge in [-0.05, 0) is 24.1 Å². The molecule has 2 atom stereocenters. The van der Waals surface area contributed by atoms with E-state index >= 15 is 0 Å². The van der Waals surface area contributed by atoms with Gasteiger partial charge in [0.2, 0.25) is 5.91 Å². The van der Waals surface area contributed by atoms with Crippen molar-refractivity contribution in [3.8, 4) is 0 Å². The first-order valence-electron chi connectivity index (χ1n) is 8.30. The fourth-order valence-electron chi connectivity index (χ4n) is 4.15. The topological polar surface area (TPSA) is 32.8 Å². The summed E-state index contributed by atoms with van der Waals surface area (Å²) in [6.07, 6.45) is 6.48. The number of halogens is 1. The first-order valence-corrected chi connectivity index (χ1v) is 8.30. The number of benzene rings is 1. The van der Waals surface area contributed by atoms with Crippen LogP contribution < -0.4 is 0 Å². The number of carbonyl (C=O) groups excluding carboxylic acids is 1. The van der Waals surface area contributed by atoms with Crippen LogP contribution in [0.4, 0.5) is 4.39 Å². The van der Waals surface area contributed by atoms with Crippen molar-refractivity contribution in [2.24, 2.45) is 0 Å². The molecule has 122 valence electrons. The van der Waals surface area contributed by atoms with Crippen molar-refractivity contribution in [3.05, 3.63) is 41.7 Å². The number of hydrogen-bond acceptors (Lipinski definition) is 3. The maximum absolute atomic E-state index is 12.9. The molecule has 5 heteroatoms. The van der Waals surface area contributed by atoms with Crippen LogP contribution in [0.1, 0.15) is 24.8 Å². The zero-order chi connectivity index (χ0) is 15.9. The molecule has 1 aromatic carbocycles. The third-order valence-corrected chi connectivity index (χ3v) is 5.24. The fourth-order valence-corrected chi connectivity index (χ4v) is 4.15. The highest BCUT2D eigenvalue weighted by atomic mass is 19.1. The molecule has 1 spiro atoms. The second kappa shape index (κ2) is 5.73. The van der Waals surface area contributed by atoms with E-state index in [1.807, 2.05) is 11.0 Å². The van der Waals surface area contributed by atoms with Gasteiger partial charge in [0, 0.05) is 32.5 Å². The molecule has 0 radical (unpaired) electrons. The molecular formula is C18H21FN2O2. The largest absolute Gasteiger partial charge is 0.354 e. The zero-order valence-electron chi connectivity index (χ0n) is 13.1. The Morgan fingerprint density at radius 2 is 2.13 bits per heavy atom. The van der Waals surface area contributed by atoms with E-state index < -0.39 is 0 Å². The molecule has 3 heterocycles. The number of nitrogens with zero attached hydrogens (tertiary/aromatic N) is 2. The third kappa shape index (κ3) is 2.48. The van der Waals surface area contributed by atoms with E-state index in [1.54, 1.807) is 12.1 Å². The van der Waals surface area contributed by atoms with Crippen LogP contribution in [0.5, 0.6) is 0 Å². The molecule has 0 N–H and O–H groups in total. The van der Waals surface area contributed by atoms with E-state index in [-0.39, 0.29) is 23.5 Å². The summed E-state index contributed by atoms with van der Waals surface area (Å²) in [5.74, 6) is 0.00422. The molecule has 4 nitrogen and oxygen atoms in total. The summed E-state index contributed by atoms with van der Waals surface area (Å²) in [6.45, 7) is 3.31. The lowest BCUT2D eigenvalue weighted by molar-refractivity contribution is -0.180. The normalized spacial score (nSPS) is 30.9. The van der Waals surface area contributed by atoms with E-state index in [0.717, 1.165) is 44.6 Å². The van der Waals surface area contributed by atoms with Gasteiger partial charge in [0.15, 0.2) is 5.72 Å². The van der Waals surface area contributed by atoms with E-state index in [9.17, 15) is 9.18 Å². The Hall–Kier alpha value is -1.72. The molecule has 3 aliphatic heterocycles. The van der Waals surface area contributed by atoms with Gasteiger partial charge in [0.25, 0.3) is 0 Å². The van der Waals surface area contributed by atoms with Crippen LogP contribution in [0.15, 0.2) is 30.3 Å². The summed E-state index contributed by atoms with van der Waals surface area (Å²) in [7, 11) is 0. The quantitative estimate of drug-likeness (QED) is 0.857. The second-order valence-corrected chi connectivity index (χ2v) is 6.51. The summed E-state index contributed by atoms with van der Waals surface area (Å²) < 4.78 is 19.0. The summed E-state index contributed by atoms with van der Waals surface area (Å²) in [5.41, 5.74) is 0.609. The predicted molar refractivity (Wildman–Crippen MR) is 85.0 cm³/mol. The Morgan fingerprint density at radius 1 is 1.30 bits per heavy atom. The first-order chi connectivity index (χ1) is 11.2. The molecule has 0 aromatic heterocycles. The molecule has 0 aliphatic carbocycles. The van der Waals surface area contributed by atoms with E-state index in [1.165, 1.54) is 12.1 Å². The Bertz CT molecular complexity index is 630. The maximum atomic E-state index is 12.9. The third-order valence-electron chi connectivity index (χ3n) is 5.24. The van der Waals surface area contributed by atoms with Crippen LogP contribution in [0.3, 0.4) is 0 Å². The molecule has 3 aliphatic rings. The van der Waals surface area contributed by atoms with Crippen LogP contribution in [-0.2, 0) is 9.53 Å². The van der Waals surface area contributed by atoms with Crippen molar-refractivity contribution in [2.45, 2.75) is 31.0 Å². The van der Waals surface area contributed by atoms with Gasteiger partial charge >= 0.3 is 0 Å². The van der Waals surface area contributed by atoms with E-state index in [4.69, 9.17) is 4.74 Å². The second-order valence-electron chi connectivity index (χ2n) is 6.51. The molecule has 0 saturated carbocycles. The molecule has 4 rings (SSSR count). The summed E-state index contributed by atoms with van der Waals surface area (Å²) in [6, 6.07) is 6.63. The molecule has 0 bridgehead atoms. The minimum atomic E-state index is -0.376.